The molecule has 3 N–H and O–H groups in total. The topological polar surface area (TPSA) is 87.7 Å². The third-order valence-corrected chi connectivity index (χ3v) is 4.37. The minimum absolute atomic E-state index is 0.141. The average Bonchev–Trinajstić information content (AvgIpc) is 3.20. The Morgan fingerprint density at radius 3 is 2.57 bits per heavy atom. The van der Waals surface area contributed by atoms with Crippen LogP contribution in [0.4, 0.5) is 4.79 Å². The number of carboxylic acid groups (broad SMARTS) is 1. The molecule has 0 bridgehead atoms. The Balaban J connectivity index is 1.49. The molecule has 2 aliphatic rings. The lowest BCUT2D eigenvalue weighted by molar-refractivity contribution is -0.141. The van der Waals surface area contributed by atoms with Crippen molar-refractivity contribution in [1.29, 1.82) is 0 Å². The van der Waals surface area contributed by atoms with E-state index in [1.807, 2.05) is 0 Å². The highest BCUT2D eigenvalue weighted by molar-refractivity contribution is 5.74. The third-order valence-electron chi connectivity index (χ3n) is 4.37. The third kappa shape index (κ3) is 5.91. The van der Waals surface area contributed by atoms with E-state index >= 15 is 0 Å². The Hall–Kier alpha value is -1.30. The van der Waals surface area contributed by atoms with Crippen LogP contribution in [0.3, 0.4) is 0 Å². The molecule has 0 aromatic carbocycles. The number of amides is 2. The molecule has 0 saturated heterocycles. The lowest BCUT2D eigenvalue weighted by Gasteiger charge is -2.40. The Morgan fingerprint density at radius 1 is 1.24 bits per heavy atom. The van der Waals surface area contributed by atoms with Gasteiger partial charge in [0.05, 0.1) is 6.42 Å². The number of ether oxygens (including phenoxy) is 1. The van der Waals surface area contributed by atoms with E-state index in [9.17, 15) is 9.59 Å². The van der Waals surface area contributed by atoms with Crippen molar-refractivity contribution in [2.75, 3.05) is 26.3 Å². The fraction of sp³-hybridized carbons (Fsp3) is 0.867. The molecule has 2 fully saturated rings. The maximum atomic E-state index is 11.7. The van der Waals surface area contributed by atoms with E-state index in [2.05, 4.69) is 10.6 Å². The van der Waals surface area contributed by atoms with Crippen molar-refractivity contribution < 1.29 is 19.4 Å². The number of carbonyl (C=O) groups is 2. The summed E-state index contributed by atoms with van der Waals surface area (Å²) in [6, 6.07) is -0.214. The van der Waals surface area contributed by atoms with Crippen molar-refractivity contribution in [2.24, 2.45) is 11.3 Å². The number of carboxylic acids is 1. The van der Waals surface area contributed by atoms with Crippen molar-refractivity contribution in [3.05, 3.63) is 0 Å². The molecule has 2 amide bonds. The molecule has 0 radical (unpaired) electrons. The number of carbonyl (C=O) groups excluding carboxylic acids is 1. The minimum Gasteiger partial charge on any atom is -0.481 e. The quantitative estimate of drug-likeness (QED) is 0.536. The molecule has 2 saturated carbocycles. The van der Waals surface area contributed by atoms with Gasteiger partial charge in [0.2, 0.25) is 0 Å². The fourth-order valence-corrected chi connectivity index (χ4v) is 2.65. The van der Waals surface area contributed by atoms with Gasteiger partial charge in [-0.1, -0.05) is 6.42 Å². The molecule has 6 heteroatoms. The van der Waals surface area contributed by atoms with Crippen molar-refractivity contribution in [3.8, 4) is 0 Å². The molecule has 0 unspecified atom stereocenters. The van der Waals surface area contributed by atoms with E-state index in [1.165, 1.54) is 12.8 Å². The summed E-state index contributed by atoms with van der Waals surface area (Å²) in [5.41, 5.74) is -0.226. The zero-order valence-corrected chi connectivity index (χ0v) is 12.5. The van der Waals surface area contributed by atoms with Crippen LogP contribution in [0.2, 0.25) is 0 Å². The van der Waals surface area contributed by atoms with Crippen LogP contribution in [0.5, 0.6) is 0 Å². The molecule has 120 valence electrons. The molecular weight excluding hydrogens is 272 g/mol. The first-order valence-electron chi connectivity index (χ1n) is 7.91. The first-order chi connectivity index (χ1) is 10.1. The van der Waals surface area contributed by atoms with Crippen LogP contribution in [-0.2, 0) is 9.53 Å². The monoisotopic (exact) mass is 298 g/mol. The molecule has 0 heterocycles. The summed E-state index contributed by atoms with van der Waals surface area (Å²) >= 11 is 0. The molecule has 0 atom stereocenters. The first kappa shape index (κ1) is 16.1. The van der Waals surface area contributed by atoms with Gasteiger partial charge >= 0.3 is 12.0 Å². The van der Waals surface area contributed by atoms with Crippen LogP contribution in [0.1, 0.15) is 44.9 Å². The zero-order chi connectivity index (χ0) is 15.1. The van der Waals surface area contributed by atoms with Gasteiger partial charge < -0.3 is 20.5 Å². The first-order valence-corrected chi connectivity index (χ1v) is 7.91. The van der Waals surface area contributed by atoms with Gasteiger partial charge in [-0.05, 0) is 43.4 Å². The van der Waals surface area contributed by atoms with Crippen LogP contribution in [-0.4, -0.2) is 43.4 Å². The van der Waals surface area contributed by atoms with E-state index in [0.29, 0.717) is 19.7 Å². The van der Waals surface area contributed by atoms with E-state index in [0.717, 1.165) is 38.2 Å². The number of aliphatic carboxylic acids is 1. The second-order valence-corrected chi connectivity index (χ2v) is 6.41. The molecule has 0 spiro atoms. The van der Waals surface area contributed by atoms with Crippen molar-refractivity contribution in [2.45, 2.75) is 44.9 Å². The fourth-order valence-electron chi connectivity index (χ4n) is 2.65. The van der Waals surface area contributed by atoms with Crippen LogP contribution >= 0.6 is 0 Å². The van der Waals surface area contributed by atoms with Crippen molar-refractivity contribution in [3.63, 3.8) is 0 Å². The Labute approximate surface area is 125 Å². The van der Waals surface area contributed by atoms with E-state index in [1.54, 1.807) is 0 Å². The van der Waals surface area contributed by atoms with Crippen LogP contribution in [0, 0.1) is 11.3 Å². The molecule has 2 rings (SSSR count). The molecule has 21 heavy (non-hydrogen) atoms. The predicted molar refractivity (Wildman–Crippen MR) is 78.1 cm³/mol. The SMILES string of the molecule is O=C(O)CC1(CNC(=O)NCCCOCC2CC2)CCC1. The summed E-state index contributed by atoms with van der Waals surface area (Å²) in [6.45, 7) is 2.56. The van der Waals surface area contributed by atoms with Crippen LogP contribution in [0.15, 0.2) is 0 Å². The summed E-state index contributed by atoms with van der Waals surface area (Å²) in [6.07, 6.45) is 6.35. The standard InChI is InChI=1S/C15H26N2O4/c18-13(19)9-15(5-1-6-15)11-17-14(20)16-7-2-8-21-10-12-3-4-12/h12H,1-11H2,(H,18,19)(H2,16,17,20). The maximum Gasteiger partial charge on any atom is 0.314 e. The molecule has 0 aromatic rings. The highest BCUT2D eigenvalue weighted by Crippen LogP contribution is 2.43. The maximum absolute atomic E-state index is 11.7. The number of nitrogens with one attached hydrogen (secondary N) is 2. The Bertz CT molecular complexity index is 365. The summed E-state index contributed by atoms with van der Waals surface area (Å²) < 4.78 is 5.49. The van der Waals surface area contributed by atoms with E-state index in [4.69, 9.17) is 9.84 Å². The van der Waals surface area contributed by atoms with Crippen LogP contribution in [0.25, 0.3) is 0 Å². The number of urea groups is 1. The molecular formula is C15H26N2O4. The summed E-state index contributed by atoms with van der Waals surface area (Å²) in [5, 5.41) is 14.5. The van der Waals surface area contributed by atoms with E-state index < -0.39 is 5.97 Å². The minimum atomic E-state index is -0.787. The smallest absolute Gasteiger partial charge is 0.314 e. The average molecular weight is 298 g/mol. The predicted octanol–water partition coefficient (Wildman–Crippen LogP) is 1.75. The highest BCUT2D eigenvalue weighted by atomic mass is 16.5. The summed E-state index contributed by atoms with van der Waals surface area (Å²) in [4.78, 5) is 22.5. The highest BCUT2D eigenvalue weighted by Gasteiger charge is 2.39. The molecule has 6 nitrogen and oxygen atoms in total. The second-order valence-electron chi connectivity index (χ2n) is 6.41. The van der Waals surface area contributed by atoms with Gasteiger partial charge in [-0.3, -0.25) is 4.79 Å². The van der Waals surface area contributed by atoms with Gasteiger partial charge in [0.15, 0.2) is 0 Å². The lowest BCUT2D eigenvalue weighted by atomic mass is 9.66. The lowest BCUT2D eigenvalue weighted by Crippen LogP contribution is -2.46. The van der Waals surface area contributed by atoms with Crippen molar-refractivity contribution in [1.82, 2.24) is 10.6 Å². The zero-order valence-electron chi connectivity index (χ0n) is 12.5. The summed E-state index contributed by atoms with van der Waals surface area (Å²) in [7, 11) is 0. The summed E-state index contributed by atoms with van der Waals surface area (Å²) in [5.74, 6) is -0.0149. The Morgan fingerprint density at radius 2 is 2.00 bits per heavy atom. The van der Waals surface area contributed by atoms with Gasteiger partial charge in [-0.2, -0.15) is 0 Å². The van der Waals surface area contributed by atoms with Gasteiger partial charge in [-0.15, -0.1) is 0 Å². The second kappa shape index (κ2) is 7.64. The number of rotatable bonds is 10. The van der Waals surface area contributed by atoms with Gasteiger partial charge in [0, 0.05) is 26.3 Å². The van der Waals surface area contributed by atoms with Gasteiger partial charge in [0.25, 0.3) is 0 Å². The van der Waals surface area contributed by atoms with Crippen LogP contribution < -0.4 is 10.6 Å². The Kier molecular flexibility index (Phi) is 5.85. The molecule has 2 aliphatic carbocycles. The van der Waals surface area contributed by atoms with Gasteiger partial charge in [-0.25, -0.2) is 4.79 Å². The number of hydrogen-bond acceptors (Lipinski definition) is 3. The molecule has 0 aliphatic heterocycles. The van der Waals surface area contributed by atoms with E-state index in [-0.39, 0.29) is 17.9 Å². The largest absolute Gasteiger partial charge is 0.481 e. The van der Waals surface area contributed by atoms with Crippen molar-refractivity contribution >= 4 is 12.0 Å². The normalized spacial score (nSPS) is 19.6. The number of hydrogen-bond donors (Lipinski definition) is 3. The van der Waals surface area contributed by atoms with Gasteiger partial charge in [0.1, 0.15) is 0 Å². The molecule has 0 aromatic heterocycles.